The monoisotopic (exact) mass is 478 g/mol. The summed E-state index contributed by atoms with van der Waals surface area (Å²) in [5.74, 6) is 0.642. The van der Waals surface area contributed by atoms with E-state index in [0.717, 1.165) is 22.4 Å². The van der Waals surface area contributed by atoms with Gasteiger partial charge in [-0.15, -0.1) is 0 Å². The fraction of sp³-hybridized carbons (Fsp3) is 0.448. The first kappa shape index (κ1) is 26.1. The van der Waals surface area contributed by atoms with E-state index >= 15 is 0 Å². The number of phenols is 1. The van der Waals surface area contributed by atoms with Crippen LogP contribution in [0.1, 0.15) is 77.6 Å². The van der Waals surface area contributed by atoms with Crippen molar-refractivity contribution in [2.45, 2.75) is 73.1 Å². The van der Waals surface area contributed by atoms with E-state index in [1.54, 1.807) is 4.90 Å². The second-order valence-corrected chi connectivity index (χ2v) is 12.6. The lowest BCUT2D eigenvalue weighted by molar-refractivity contribution is -0.122. The highest BCUT2D eigenvalue weighted by molar-refractivity contribution is 8.18. The van der Waals surface area contributed by atoms with Crippen molar-refractivity contribution in [3.05, 3.63) is 63.6 Å². The fourth-order valence-electron chi connectivity index (χ4n) is 3.88. The van der Waals surface area contributed by atoms with Crippen LogP contribution in [-0.2, 0) is 15.6 Å². The molecule has 0 atom stereocenters. The highest BCUT2D eigenvalue weighted by Crippen LogP contribution is 2.41. The predicted octanol–water partition coefficient (Wildman–Crippen LogP) is 7.56. The predicted molar refractivity (Wildman–Crippen MR) is 146 cm³/mol. The number of thioether (sulfide) groups is 1. The van der Waals surface area contributed by atoms with Crippen LogP contribution in [0.25, 0.3) is 6.08 Å². The number of hydrogen-bond acceptors (Lipinski definition) is 4. The van der Waals surface area contributed by atoms with Gasteiger partial charge >= 0.3 is 0 Å². The Hall–Kier alpha value is -2.53. The second kappa shape index (κ2) is 9.61. The SMILES string of the molecule is Cc1ccc(N=C2S/C(=C/c3cc(C(C)(C)C)c(O)c(C(C)(C)C)c3)C(=O)N2CC(C)C)cc1. The maximum Gasteiger partial charge on any atom is 0.266 e. The third kappa shape index (κ3) is 5.93. The number of aromatic hydroxyl groups is 1. The zero-order valence-corrected chi connectivity index (χ0v) is 22.8. The summed E-state index contributed by atoms with van der Waals surface area (Å²) < 4.78 is 0. The molecule has 1 aliphatic heterocycles. The molecule has 1 fully saturated rings. The van der Waals surface area contributed by atoms with Crippen LogP contribution in [0, 0.1) is 12.8 Å². The van der Waals surface area contributed by atoms with Crippen LogP contribution in [0.2, 0.25) is 0 Å². The van der Waals surface area contributed by atoms with Crippen LogP contribution in [0.15, 0.2) is 46.3 Å². The Morgan fingerprint density at radius 3 is 2.00 bits per heavy atom. The highest BCUT2D eigenvalue weighted by atomic mass is 32.2. The summed E-state index contributed by atoms with van der Waals surface area (Å²) in [6.45, 7) is 19.4. The number of rotatable bonds is 4. The zero-order chi connectivity index (χ0) is 25.4. The van der Waals surface area contributed by atoms with Crippen LogP contribution < -0.4 is 0 Å². The van der Waals surface area contributed by atoms with Gasteiger partial charge in [0.1, 0.15) is 5.75 Å². The van der Waals surface area contributed by atoms with Gasteiger partial charge in [0.05, 0.1) is 10.6 Å². The maximum absolute atomic E-state index is 13.4. The van der Waals surface area contributed by atoms with E-state index in [4.69, 9.17) is 4.99 Å². The van der Waals surface area contributed by atoms with Crippen molar-refractivity contribution < 1.29 is 9.90 Å². The molecular weight excluding hydrogens is 440 g/mol. The number of benzene rings is 2. The number of aliphatic imine (C=N–C) groups is 1. The molecule has 5 heteroatoms. The number of carbonyl (C=O) groups is 1. The smallest absolute Gasteiger partial charge is 0.266 e. The molecule has 4 nitrogen and oxygen atoms in total. The van der Waals surface area contributed by atoms with Crippen molar-refractivity contribution in [2.24, 2.45) is 10.9 Å². The van der Waals surface area contributed by atoms with E-state index in [-0.39, 0.29) is 16.7 Å². The van der Waals surface area contributed by atoms with Crippen molar-refractivity contribution in [3.8, 4) is 5.75 Å². The van der Waals surface area contributed by atoms with Gasteiger partial charge in [-0.25, -0.2) is 4.99 Å². The third-order valence-corrected chi connectivity index (χ3v) is 6.75. The minimum Gasteiger partial charge on any atom is -0.507 e. The molecule has 0 spiro atoms. The molecule has 2 aromatic carbocycles. The Kier molecular flexibility index (Phi) is 7.37. The van der Waals surface area contributed by atoms with Gasteiger partial charge < -0.3 is 5.11 Å². The van der Waals surface area contributed by atoms with Gasteiger partial charge in [-0.05, 0) is 71.3 Å². The van der Waals surface area contributed by atoms with Gasteiger partial charge in [0, 0.05) is 17.7 Å². The summed E-state index contributed by atoms with van der Waals surface area (Å²) in [7, 11) is 0. The molecular formula is C29H38N2O2S. The Balaban J connectivity index is 2.10. The van der Waals surface area contributed by atoms with Crippen LogP contribution in [0.3, 0.4) is 0 Å². The number of amides is 1. The summed E-state index contributed by atoms with van der Waals surface area (Å²) in [5.41, 5.74) is 4.25. The van der Waals surface area contributed by atoms with Gasteiger partial charge in [0.15, 0.2) is 5.17 Å². The number of amidine groups is 1. The number of nitrogens with zero attached hydrogens (tertiary/aromatic N) is 2. The lowest BCUT2D eigenvalue weighted by Crippen LogP contribution is -2.32. The normalized spacial score (nSPS) is 17.5. The Bertz CT molecular complexity index is 1100. The number of carbonyl (C=O) groups excluding carboxylic acids is 1. The molecule has 1 heterocycles. The largest absolute Gasteiger partial charge is 0.507 e. The van der Waals surface area contributed by atoms with Gasteiger partial charge in [0.2, 0.25) is 0 Å². The first-order chi connectivity index (χ1) is 15.7. The molecule has 0 bridgehead atoms. The molecule has 0 saturated carbocycles. The van der Waals surface area contributed by atoms with Crippen molar-refractivity contribution in [3.63, 3.8) is 0 Å². The summed E-state index contributed by atoms with van der Waals surface area (Å²) >= 11 is 1.42. The summed E-state index contributed by atoms with van der Waals surface area (Å²) in [6.07, 6.45) is 1.95. The molecule has 0 aliphatic carbocycles. The van der Waals surface area contributed by atoms with Gasteiger partial charge in [-0.1, -0.05) is 73.1 Å². The van der Waals surface area contributed by atoms with Crippen LogP contribution in [0.5, 0.6) is 5.75 Å². The molecule has 1 amide bonds. The average Bonchev–Trinajstić information content (AvgIpc) is 2.97. The summed E-state index contributed by atoms with van der Waals surface area (Å²) in [5, 5.41) is 11.8. The molecule has 0 aromatic heterocycles. The molecule has 0 unspecified atom stereocenters. The van der Waals surface area contributed by atoms with Crippen LogP contribution in [0.4, 0.5) is 5.69 Å². The first-order valence-electron chi connectivity index (χ1n) is 11.9. The van der Waals surface area contributed by atoms with Crippen molar-refractivity contribution in [2.75, 3.05) is 6.54 Å². The minimum absolute atomic E-state index is 0.0211. The first-order valence-corrected chi connectivity index (χ1v) is 12.7. The van der Waals surface area contributed by atoms with E-state index in [1.807, 2.05) is 49.4 Å². The Labute approximate surface area is 209 Å². The minimum atomic E-state index is -0.229. The zero-order valence-electron chi connectivity index (χ0n) is 22.0. The van der Waals surface area contributed by atoms with Crippen molar-refractivity contribution in [1.29, 1.82) is 0 Å². The Morgan fingerprint density at radius 2 is 1.53 bits per heavy atom. The fourth-order valence-corrected chi connectivity index (χ4v) is 4.89. The molecule has 1 saturated heterocycles. The summed E-state index contributed by atoms with van der Waals surface area (Å²) in [4.78, 5) is 20.7. The second-order valence-electron chi connectivity index (χ2n) is 11.6. The number of phenolic OH excluding ortho intramolecular Hbond substituents is 1. The van der Waals surface area contributed by atoms with Gasteiger partial charge in [-0.3, -0.25) is 9.69 Å². The lowest BCUT2D eigenvalue weighted by atomic mass is 9.78. The highest BCUT2D eigenvalue weighted by Gasteiger charge is 2.34. The molecule has 1 N–H and O–H groups in total. The standard InChI is InChI=1S/C29H38N2O2S/c1-18(2)17-31-26(33)24(34-27(31)30-21-12-10-19(3)11-13-21)16-20-14-22(28(4,5)6)25(32)23(15-20)29(7,8)9/h10-16,18,32H,17H2,1-9H3/b24-16+,30-27?. The molecule has 34 heavy (non-hydrogen) atoms. The van der Waals surface area contributed by atoms with Crippen LogP contribution in [-0.4, -0.2) is 27.6 Å². The van der Waals surface area contributed by atoms with Crippen molar-refractivity contribution >= 4 is 34.6 Å². The topological polar surface area (TPSA) is 52.9 Å². The molecule has 3 rings (SSSR count). The van der Waals surface area contributed by atoms with E-state index < -0.39 is 0 Å². The molecule has 1 aliphatic rings. The van der Waals surface area contributed by atoms with Crippen molar-refractivity contribution in [1.82, 2.24) is 4.90 Å². The molecule has 2 aromatic rings. The van der Waals surface area contributed by atoms with E-state index in [0.29, 0.717) is 28.3 Å². The number of hydrogen-bond donors (Lipinski definition) is 1. The number of aryl methyl sites for hydroxylation is 1. The quantitative estimate of drug-likeness (QED) is 0.461. The van der Waals surface area contributed by atoms with E-state index in [2.05, 4.69) is 55.4 Å². The van der Waals surface area contributed by atoms with Crippen LogP contribution >= 0.6 is 11.8 Å². The molecule has 182 valence electrons. The lowest BCUT2D eigenvalue weighted by Gasteiger charge is -2.28. The summed E-state index contributed by atoms with van der Waals surface area (Å²) in [6, 6.07) is 12.0. The van der Waals surface area contributed by atoms with Gasteiger partial charge in [-0.2, -0.15) is 0 Å². The average molecular weight is 479 g/mol. The van der Waals surface area contributed by atoms with E-state index in [9.17, 15) is 9.90 Å². The third-order valence-electron chi connectivity index (χ3n) is 5.74. The van der Waals surface area contributed by atoms with Gasteiger partial charge in [0.25, 0.3) is 5.91 Å². The van der Waals surface area contributed by atoms with E-state index in [1.165, 1.54) is 17.3 Å². The molecule has 0 radical (unpaired) electrons. The maximum atomic E-state index is 13.4. The Morgan fingerprint density at radius 1 is 1.00 bits per heavy atom.